The van der Waals surface area contributed by atoms with Gasteiger partial charge in [-0.2, -0.15) is 0 Å². The highest BCUT2D eigenvalue weighted by Crippen LogP contribution is 2.17. The van der Waals surface area contributed by atoms with Crippen LogP contribution in [0.5, 0.6) is 0 Å². The largest absolute Gasteiger partial charge is 0.344 e. The monoisotopic (exact) mass is 228 g/mol. The normalized spacial score (nSPS) is 10.8. The lowest BCUT2D eigenvalue weighted by molar-refractivity contribution is 0.744. The topological polar surface area (TPSA) is 30.9 Å². The first-order chi connectivity index (χ1) is 8.11. The van der Waals surface area contributed by atoms with Gasteiger partial charge in [0.1, 0.15) is 0 Å². The van der Waals surface area contributed by atoms with Crippen molar-refractivity contribution in [1.82, 2.24) is 4.57 Å². The van der Waals surface area contributed by atoms with E-state index in [0.29, 0.717) is 6.54 Å². The van der Waals surface area contributed by atoms with Crippen LogP contribution in [0.1, 0.15) is 28.1 Å². The summed E-state index contributed by atoms with van der Waals surface area (Å²) in [5.41, 5.74) is 12.2. The Hall–Kier alpha value is -1.54. The second-order valence-corrected chi connectivity index (χ2v) is 4.68. The molecule has 0 aliphatic heterocycles. The Kier molecular flexibility index (Phi) is 3.34. The summed E-state index contributed by atoms with van der Waals surface area (Å²) in [4.78, 5) is 0. The fraction of sp³-hybridized carbons (Fsp3) is 0.333. The zero-order valence-electron chi connectivity index (χ0n) is 10.8. The van der Waals surface area contributed by atoms with Crippen LogP contribution in [-0.4, -0.2) is 4.57 Å². The van der Waals surface area contributed by atoms with E-state index in [1.165, 1.54) is 28.1 Å². The van der Waals surface area contributed by atoms with Gasteiger partial charge in [0, 0.05) is 24.5 Å². The average molecular weight is 228 g/mol. The standard InChI is InChI=1S/C15H20N2/c1-11-5-4-6-14(7-11)10-17-12(2)8-15(9-16)13(17)3/h4-8H,9-10,16H2,1-3H3. The van der Waals surface area contributed by atoms with Crippen LogP contribution in [0.25, 0.3) is 0 Å². The van der Waals surface area contributed by atoms with E-state index in [0.717, 1.165) is 6.54 Å². The van der Waals surface area contributed by atoms with E-state index < -0.39 is 0 Å². The van der Waals surface area contributed by atoms with Gasteiger partial charge in [-0.3, -0.25) is 0 Å². The zero-order valence-corrected chi connectivity index (χ0v) is 10.8. The molecule has 0 atom stereocenters. The van der Waals surface area contributed by atoms with Crippen molar-refractivity contribution in [2.45, 2.75) is 33.9 Å². The van der Waals surface area contributed by atoms with Crippen molar-refractivity contribution in [2.75, 3.05) is 0 Å². The van der Waals surface area contributed by atoms with Crippen molar-refractivity contribution >= 4 is 0 Å². The van der Waals surface area contributed by atoms with Gasteiger partial charge in [0.05, 0.1) is 0 Å². The first kappa shape index (κ1) is 11.9. The van der Waals surface area contributed by atoms with E-state index in [4.69, 9.17) is 5.73 Å². The van der Waals surface area contributed by atoms with Gasteiger partial charge in [-0.25, -0.2) is 0 Å². The number of aromatic nitrogens is 1. The summed E-state index contributed by atoms with van der Waals surface area (Å²) in [7, 11) is 0. The number of aryl methyl sites for hydroxylation is 2. The summed E-state index contributed by atoms with van der Waals surface area (Å²) >= 11 is 0. The molecular weight excluding hydrogens is 208 g/mol. The van der Waals surface area contributed by atoms with Crippen molar-refractivity contribution in [3.8, 4) is 0 Å². The highest BCUT2D eigenvalue weighted by Gasteiger charge is 2.07. The van der Waals surface area contributed by atoms with E-state index in [1.807, 2.05) is 0 Å². The predicted octanol–water partition coefficient (Wildman–Crippen LogP) is 2.92. The van der Waals surface area contributed by atoms with Crippen molar-refractivity contribution in [3.05, 3.63) is 58.4 Å². The van der Waals surface area contributed by atoms with E-state index in [-0.39, 0.29) is 0 Å². The number of rotatable bonds is 3. The molecule has 0 saturated carbocycles. The Morgan fingerprint density at radius 3 is 2.47 bits per heavy atom. The molecule has 2 N–H and O–H groups in total. The highest BCUT2D eigenvalue weighted by atomic mass is 15.0. The first-order valence-electron chi connectivity index (χ1n) is 6.03. The van der Waals surface area contributed by atoms with Crippen LogP contribution in [-0.2, 0) is 13.1 Å². The molecule has 0 aliphatic carbocycles. The number of nitrogens with zero attached hydrogens (tertiary/aromatic N) is 1. The summed E-state index contributed by atoms with van der Waals surface area (Å²) in [5, 5.41) is 0. The third-order valence-corrected chi connectivity index (χ3v) is 3.32. The van der Waals surface area contributed by atoms with Gasteiger partial charge in [0.25, 0.3) is 0 Å². The fourth-order valence-corrected chi connectivity index (χ4v) is 2.32. The second kappa shape index (κ2) is 4.76. The Morgan fingerprint density at radius 2 is 1.88 bits per heavy atom. The van der Waals surface area contributed by atoms with Crippen LogP contribution < -0.4 is 5.73 Å². The van der Waals surface area contributed by atoms with Crippen molar-refractivity contribution in [1.29, 1.82) is 0 Å². The molecule has 0 bridgehead atoms. The van der Waals surface area contributed by atoms with E-state index >= 15 is 0 Å². The number of nitrogens with two attached hydrogens (primary N) is 1. The molecule has 2 aromatic rings. The van der Waals surface area contributed by atoms with Crippen molar-refractivity contribution in [2.24, 2.45) is 5.73 Å². The fourth-order valence-electron chi connectivity index (χ4n) is 2.32. The summed E-state index contributed by atoms with van der Waals surface area (Å²) in [6.45, 7) is 7.96. The molecule has 0 fully saturated rings. The second-order valence-electron chi connectivity index (χ2n) is 4.68. The minimum Gasteiger partial charge on any atom is -0.344 e. The maximum absolute atomic E-state index is 5.74. The smallest absolute Gasteiger partial charge is 0.0475 e. The summed E-state index contributed by atoms with van der Waals surface area (Å²) in [6, 6.07) is 10.8. The third-order valence-electron chi connectivity index (χ3n) is 3.32. The molecule has 2 nitrogen and oxygen atoms in total. The zero-order chi connectivity index (χ0) is 12.4. The Balaban J connectivity index is 2.33. The van der Waals surface area contributed by atoms with Crippen molar-refractivity contribution in [3.63, 3.8) is 0 Å². The molecule has 0 amide bonds. The number of hydrogen-bond donors (Lipinski definition) is 1. The molecule has 17 heavy (non-hydrogen) atoms. The molecule has 1 aromatic heterocycles. The minimum atomic E-state index is 0.619. The molecule has 0 radical (unpaired) electrons. The summed E-state index contributed by atoms with van der Waals surface area (Å²) < 4.78 is 2.33. The van der Waals surface area contributed by atoms with Crippen molar-refractivity contribution < 1.29 is 0 Å². The molecule has 90 valence electrons. The summed E-state index contributed by atoms with van der Waals surface area (Å²) in [5.74, 6) is 0. The SMILES string of the molecule is Cc1cccc(Cn2c(C)cc(CN)c2C)c1. The predicted molar refractivity (Wildman–Crippen MR) is 72.1 cm³/mol. The number of hydrogen-bond acceptors (Lipinski definition) is 1. The van der Waals surface area contributed by atoms with Crippen LogP contribution in [0.15, 0.2) is 30.3 Å². The van der Waals surface area contributed by atoms with E-state index in [9.17, 15) is 0 Å². The molecule has 0 saturated heterocycles. The van der Waals surface area contributed by atoms with Gasteiger partial charge in [0.15, 0.2) is 0 Å². The Bertz CT molecular complexity index is 524. The van der Waals surface area contributed by atoms with Gasteiger partial charge in [-0.1, -0.05) is 29.8 Å². The molecule has 0 unspecified atom stereocenters. The van der Waals surface area contributed by atoms with Gasteiger partial charge in [0.2, 0.25) is 0 Å². The Labute approximate surface area is 103 Å². The summed E-state index contributed by atoms with van der Waals surface area (Å²) in [6.07, 6.45) is 0. The third kappa shape index (κ3) is 2.42. The van der Waals surface area contributed by atoms with Gasteiger partial charge in [-0.05, 0) is 38.0 Å². The molecule has 2 heteroatoms. The van der Waals surface area contributed by atoms with Crippen LogP contribution >= 0.6 is 0 Å². The quantitative estimate of drug-likeness (QED) is 0.860. The maximum atomic E-state index is 5.74. The average Bonchev–Trinajstić information content (AvgIpc) is 2.56. The molecule has 1 aromatic carbocycles. The molecule has 0 spiro atoms. The van der Waals surface area contributed by atoms with Crippen LogP contribution in [0.2, 0.25) is 0 Å². The number of benzene rings is 1. The molecular formula is C15H20N2. The maximum Gasteiger partial charge on any atom is 0.0475 e. The van der Waals surface area contributed by atoms with Crippen LogP contribution in [0.4, 0.5) is 0 Å². The van der Waals surface area contributed by atoms with E-state index in [1.54, 1.807) is 0 Å². The molecule has 2 rings (SSSR count). The minimum absolute atomic E-state index is 0.619. The van der Waals surface area contributed by atoms with E-state index in [2.05, 4.69) is 55.7 Å². The van der Waals surface area contributed by atoms with Gasteiger partial charge in [-0.15, -0.1) is 0 Å². The highest BCUT2D eigenvalue weighted by molar-refractivity contribution is 5.29. The lowest BCUT2D eigenvalue weighted by Gasteiger charge is -2.10. The van der Waals surface area contributed by atoms with Crippen LogP contribution in [0, 0.1) is 20.8 Å². The molecule has 0 aliphatic rings. The first-order valence-corrected chi connectivity index (χ1v) is 6.03. The van der Waals surface area contributed by atoms with Crippen LogP contribution in [0.3, 0.4) is 0 Å². The van der Waals surface area contributed by atoms with Gasteiger partial charge >= 0.3 is 0 Å². The van der Waals surface area contributed by atoms with Gasteiger partial charge < -0.3 is 10.3 Å². The lowest BCUT2D eigenvalue weighted by atomic mass is 10.1. The lowest BCUT2D eigenvalue weighted by Crippen LogP contribution is -2.05. The molecule has 1 heterocycles. The Morgan fingerprint density at radius 1 is 1.12 bits per heavy atom.